The third-order valence-corrected chi connectivity index (χ3v) is 2.65. The lowest BCUT2D eigenvalue weighted by Crippen LogP contribution is -2.13. The second-order valence-electron chi connectivity index (χ2n) is 3.88. The molecule has 0 radical (unpaired) electrons. The Morgan fingerprint density at radius 1 is 1.47 bits per heavy atom. The molecule has 1 aromatic heterocycles. The average Bonchev–Trinajstić information content (AvgIpc) is 2.44. The maximum atomic E-state index is 10.9. The fraction of sp³-hybridized carbons (Fsp3) is 0.250. The van der Waals surface area contributed by atoms with E-state index in [4.69, 9.17) is 5.73 Å². The monoisotopic (exact) mass is 202 g/mol. The molecule has 78 valence electrons. The van der Waals surface area contributed by atoms with Gasteiger partial charge in [-0.2, -0.15) is 0 Å². The SMILES string of the molecule is Cc1cccc2c(CC(N)=O)cn(C)c12. The highest BCUT2D eigenvalue weighted by molar-refractivity contribution is 5.90. The van der Waals surface area contributed by atoms with Crippen LogP contribution in [0.15, 0.2) is 24.4 Å². The standard InChI is InChI=1S/C12H14N2O/c1-8-4-3-5-10-9(6-11(13)15)7-14(2)12(8)10/h3-5,7H,6H2,1-2H3,(H2,13,15). The molecular formula is C12H14N2O. The quantitative estimate of drug-likeness (QED) is 0.788. The highest BCUT2D eigenvalue weighted by Crippen LogP contribution is 2.23. The Morgan fingerprint density at radius 2 is 2.20 bits per heavy atom. The summed E-state index contributed by atoms with van der Waals surface area (Å²) in [6, 6.07) is 6.10. The summed E-state index contributed by atoms with van der Waals surface area (Å²) in [7, 11) is 1.99. The number of rotatable bonds is 2. The van der Waals surface area contributed by atoms with E-state index in [-0.39, 0.29) is 5.91 Å². The average molecular weight is 202 g/mol. The summed E-state index contributed by atoms with van der Waals surface area (Å²) in [6.45, 7) is 2.07. The number of benzene rings is 1. The van der Waals surface area contributed by atoms with Crippen LogP contribution in [-0.4, -0.2) is 10.5 Å². The molecule has 0 aliphatic heterocycles. The molecule has 3 heteroatoms. The van der Waals surface area contributed by atoms with Crippen LogP contribution >= 0.6 is 0 Å². The second-order valence-corrected chi connectivity index (χ2v) is 3.88. The Morgan fingerprint density at radius 3 is 2.87 bits per heavy atom. The first-order valence-electron chi connectivity index (χ1n) is 4.91. The van der Waals surface area contributed by atoms with E-state index in [1.54, 1.807) is 0 Å². The number of carbonyl (C=O) groups is 1. The van der Waals surface area contributed by atoms with Gasteiger partial charge in [-0.1, -0.05) is 18.2 Å². The third kappa shape index (κ3) is 1.61. The van der Waals surface area contributed by atoms with E-state index in [0.717, 1.165) is 10.9 Å². The first-order chi connectivity index (χ1) is 7.09. The van der Waals surface area contributed by atoms with Gasteiger partial charge < -0.3 is 10.3 Å². The van der Waals surface area contributed by atoms with E-state index in [1.807, 2.05) is 29.9 Å². The number of aromatic nitrogens is 1. The molecule has 0 saturated carbocycles. The van der Waals surface area contributed by atoms with E-state index in [9.17, 15) is 4.79 Å². The highest BCUT2D eigenvalue weighted by Gasteiger charge is 2.09. The Hall–Kier alpha value is -1.77. The largest absolute Gasteiger partial charge is 0.369 e. The van der Waals surface area contributed by atoms with E-state index in [0.29, 0.717) is 6.42 Å². The van der Waals surface area contributed by atoms with Crippen molar-refractivity contribution in [2.24, 2.45) is 12.8 Å². The Labute approximate surface area is 88.5 Å². The number of hydrogen-bond acceptors (Lipinski definition) is 1. The van der Waals surface area contributed by atoms with Crippen molar-refractivity contribution in [3.8, 4) is 0 Å². The lowest BCUT2D eigenvalue weighted by molar-refractivity contribution is -0.117. The molecule has 1 heterocycles. The summed E-state index contributed by atoms with van der Waals surface area (Å²) in [4.78, 5) is 10.9. The molecule has 0 spiro atoms. The Balaban J connectivity index is 2.68. The lowest BCUT2D eigenvalue weighted by Gasteiger charge is -1.99. The zero-order valence-electron chi connectivity index (χ0n) is 8.95. The molecule has 0 aliphatic carbocycles. The van der Waals surface area contributed by atoms with Crippen LogP contribution in [0.25, 0.3) is 10.9 Å². The van der Waals surface area contributed by atoms with Crippen LogP contribution in [0.3, 0.4) is 0 Å². The van der Waals surface area contributed by atoms with Crippen molar-refractivity contribution in [2.75, 3.05) is 0 Å². The van der Waals surface area contributed by atoms with Crippen LogP contribution in [-0.2, 0) is 18.3 Å². The molecule has 0 unspecified atom stereocenters. The number of aryl methyl sites for hydroxylation is 2. The fourth-order valence-electron chi connectivity index (χ4n) is 2.08. The highest BCUT2D eigenvalue weighted by atomic mass is 16.1. The van der Waals surface area contributed by atoms with Crippen molar-refractivity contribution >= 4 is 16.8 Å². The predicted molar refractivity (Wildman–Crippen MR) is 60.6 cm³/mol. The first-order valence-corrected chi connectivity index (χ1v) is 4.91. The molecular weight excluding hydrogens is 188 g/mol. The summed E-state index contributed by atoms with van der Waals surface area (Å²) in [5.74, 6) is -0.288. The van der Waals surface area contributed by atoms with Crippen LogP contribution in [0.2, 0.25) is 0 Å². The van der Waals surface area contributed by atoms with Crippen LogP contribution in [0.4, 0.5) is 0 Å². The number of nitrogens with two attached hydrogens (primary N) is 1. The van der Waals surface area contributed by atoms with Gasteiger partial charge in [0.25, 0.3) is 0 Å². The minimum atomic E-state index is -0.288. The van der Waals surface area contributed by atoms with Crippen molar-refractivity contribution in [3.05, 3.63) is 35.5 Å². The van der Waals surface area contributed by atoms with Gasteiger partial charge in [0.2, 0.25) is 5.91 Å². The zero-order chi connectivity index (χ0) is 11.0. The van der Waals surface area contributed by atoms with E-state index >= 15 is 0 Å². The molecule has 15 heavy (non-hydrogen) atoms. The summed E-state index contributed by atoms with van der Waals surface area (Å²) < 4.78 is 2.04. The second kappa shape index (κ2) is 3.42. The number of fused-ring (bicyclic) bond motifs is 1. The summed E-state index contributed by atoms with van der Waals surface area (Å²) in [5.41, 5.74) is 8.61. The predicted octanol–water partition coefficient (Wildman–Crippen LogP) is 1.51. The lowest BCUT2D eigenvalue weighted by atomic mass is 10.1. The maximum absolute atomic E-state index is 10.9. The summed E-state index contributed by atoms with van der Waals surface area (Å²) in [6.07, 6.45) is 2.28. The number of primary amides is 1. The Kier molecular flexibility index (Phi) is 2.23. The Bertz CT molecular complexity index is 526. The number of para-hydroxylation sites is 1. The van der Waals surface area contributed by atoms with Gasteiger partial charge in [0.1, 0.15) is 0 Å². The number of amides is 1. The van der Waals surface area contributed by atoms with Crippen molar-refractivity contribution in [2.45, 2.75) is 13.3 Å². The van der Waals surface area contributed by atoms with E-state index in [2.05, 4.69) is 13.0 Å². The van der Waals surface area contributed by atoms with Gasteiger partial charge in [-0.15, -0.1) is 0 Å². The molecule has 0 bridgehead atoms. The molecule has 0 fully saturated rings. The van der Waals surface area contributed by atoms with Crippen LogP contribution < -0.4 is 5.73 Å². The topological polar surface area (TPSA) is 48.0 Å². The first kappa shape index (κ1) is 9.77. The van der Waals surface area contributed by atoms with E-state index in [1.165, 1.54) is 11.1 Å². The smallest absolute Gasteiger partial charge is 0.221 e. The van der Waals surface area contributed by atoms with Gasteiger partial charge in [-0.25, -0.2) is 0 Å². The molecule has 2 rings (SSSR count). The van der Waals surface area contributed by atoms with Crippen molar-refractivity contribution in [3.63, 3.8) is 0 Å². The van der Waals surface area contributed by atoms with Crippen LogP contribution in [0.5, 0.6) is 0 Å². The molecule has 2 aromatic rings. The van der Waals surface area contributed by atoms with Gasteiger partial charge in [0, 0.05) is 18.6 Å². The van der Waals surface area contributed by atoms with Crippen molar-refractivity contribution in [1.82, 2.24) is 4.57 Å². The van der Waals surface area contributed by atoms with Crippen molar-refractivity contribution in [1.29, 1.82) is 0 Å². The summed E-state index contributed by atoms with van der Waals surface area (Å²) >= 11 is 0. The number of carbonyl (C=O) groups excluding carboxylic acids is 1. The number of hydrogen-bond donors (Lipinski definition) is 1. The van der Waals surface area contributed by atoms with Gasteiger partial charge in [0.15, 0.2) is 0 Å². The molecule has 0 saturated heterocycles. The van der Waals surface area contributed by atoms with E-state index < -0.39 is 0 Å². The minimum Gasteiger partial charge on any atom is -0.369 e. The van der Waals surface area contributed by atoms with Gasteiger partial charge in [-0.05, 0) is 18.1 Å². The maximum Gasteiger partial charge on any atom is 0.221 e. The number of nitrogens with zero attached hydrogens (tertiary/aromatic N) is 1. The molecule has 0 aliphatic rings. The summed E-state index contributed by atoms with van der Waals surface area (Å²) in [5, 5.41) is 1.12. The van der Waals surface area contributed by atoms with Gasteiger partial charge in [0.05, 0.1) is 11.9 Å². The van der Waals surface area contributed by atoms with Gasteiger partial charge in [-0.3, -0.25) is 4.79 Å². The molecule has 2 N–H and O–H groups in total. The third-order valence-electron chi connectivity index (χ3n) is 2.65. The fourth-order valence-corrected chi connectivity index (χ4v) is 2.08. The molecule has 3 nitrogen and oxygen atoms in total. The van der Waals surface area contributed by atoms with Crippen LogP contribution in [0.1, 0.15) is 11.1 Å². The van der Waals surface area contributed by atoms with Gasteiger partial charge >= 0.3 is 0 Å². The van der Waals surface area contributed by atoms with Crippen LogP contribution in [0, 0.1) is 6.92 Å². The van der Waals surface area contributed by atoms with Crippen molar-refractivity contribution < 1.29 is 4.79 Å². The normalized spacial score (nSPS) is 10.8. The molecule has 1 amide bonds. The molecule has 0 atom stereocenters. The molecule has 1 aromatic carbocycles. The minimum absolute atomic E-state index is 0.288. The zero-order valence-corrected chi connectivity index (χ0v) is 8.95.